The molecule has 0 amide bonds. The predicted molar refractivity (Wildman–Crippen MR) is 70.9 cm³/mol. The number of nitrogen functional groups attached to an aromatic ring is 1. The van der Waals surface area contributed by atoms with Crippen LogP contribution in [0.2, 0.25) is 0 Å². The van der Waals surface area contributed by atoms with Crippen molar-refractivity contribution in [1.82, 2.24) is 9.55 Å². The lowest BCUT2D eigenvalue weighted by Gasteiger charge is -2.15. The number of alkyl halides is 1. The van der Waals surface area contributed by atoms with Crippen molar-refractivity contribution in [3.8, 4) is 0 Å². The summed E-state index contributed by atoms with van der Waals surface area (Å²) in [5.74, 6) is -0.468. The first kappa shape index (κ1) is 14.8. The molecular weight excluding hydrogens is 289 g/mol. The molecule has 0 bridgehead atoms. The number of ether oxygens (including phenoxy) is 1. The van der Waals surface area contributed by atoms with Crippen LogP contribution in [0.5, 0.6) is 0 Å². The lowest BCUT2D eigenvalue weighted by Crippen LogP contribution is -2.33. The lowest BCUT2D eigenvalue weighted by atomic mass is 10.1. The molecule has 7 nitrogen and oxygen atoms in total. The number of carbonyl (C=O) groups is 1. The topological polar surface area (TPSA) is 107 Å². The summed E-state index contributed by atoms with van der Waals surface area (Å²) < 4.78 is 19.9. The number of rotatable bonds is 3. The van der Waals surface area contributed by atoms with Gasteiger partial charge in [-0.25, -0.2) is 9.18 Å². The fourth-order valence-electron chi connectivity index (χ4n) is 1.88. The van der Waals surface area contributed by atoms with E-state index in [9.17, 15) is 19.1 Å². The molecule has 1 aromatic heterocycles. The van der Waals surface area contributed by atoms with Crippen molar-refractivity contribution in [2.75, 3.05) is 12.3 Å². The predicted octanol–water partition coefficient (Wildman–Crippen LogP) is -0.298. The summed E-state index contributed by atoms with van der Waals surface area (Å²) in [6, 6.07) is 1.38. The molecule has 1 aliphatic rings. The Morgan fingerprint density at radius 3 is 3.00 bits per heavy atom. The average molecular weight is 303 g/mol. The van der Waals surface area contributed by atoms with Crippen LogP contribution in [-0.2, 0) is 9.53 Å². The Morgan fingerprint density at radius 2 is 2.40 bits per heavy atom. The first-order valence-electron chi connectivity index (χ1n) is 5.86. The van der Waals surface area contributed by atoms with Gasteiger partial charge in [0.2, 0.25) is 0 Å². The SMILES string of the molecule is CC(=O)OCC1S[C@@H](n2ccc(N)nc2=O)[C@@H](F)[C@@H]1O. The highest BCUT2D eigenvalue weighted by molar-refractivity contribution is 8.00. The Bertz CT molecular complexity index is 567. The zero-order chi connectivity index (χ0) is 14.9. The van der Waals surface area contributed by atoms with Gasteiger partial charge in [0.05, 0.1) is 5.25 Å². The Balaban J connectivity index is 2.17. The molecule has 4 atom stereocenters. The Morgan fingerprint density at radius 1 is 1.70 bits per heavy atom. The fraction of sp³-hybridized carbons (Fsp3) is 0.545. The van der Waals surface area contributed by atoms with E-state index in [1.807, 2.05) is 0 Å². The second kappa shape index (κ2) is 5.80. The smallest absolute Gasteiger partial charge is 0.350 e. The quantitative estimate of drug-likeness (QED) is 0.738. The summed E-state index contributed by atoms with van der Waals surface area (Å²) >= 11 is 1.02. The average Bonchev–Trinajstić information content (AvgIpc) is 2.64. The first-order valence-corrected chi connectivity index (χ1v) is 6.80. The number of thioether (sulfide) groups is 1. The number of aliphatic hydroxyl groups excluding tert-OH is 1. The summed E-state index contributed by atoms with van der Waals surface area (Å²) in [5.41, 5.74) is 4.68. The number of aromatic nitrogens is 2. The molecule has 9 heteroatoms. The van der Waals surface area contributed by atoms with Crippen molar-refractivity contribution in [3.05, 3.63) is 22.7 Å². The highest BCUT2D eigenvalue weighted by Crippen LogP contribution is 2.43. The number of aliphatic hydroxyl groups is 1. The first-order chi connectivity index (χ1) is 9.40. The number of nitrogens with zero attached hydrogens (tertiary/aromatic N) is 2. The molecule has 110 valence electrons. The van der Waals surface area contributed by atoms with E-state index in [4.69, 9.17) is 10.5 Å². The minimum absolute atomic E-state index is 0.0432. The van der Waals surface area contributed by atoms with Crippen molar-refractivity contribution in [2.45, 2.75) is 29.8 Å². The van der Waals surface area contributed by atoms with E-state index in [0.717, 1.165) is 16.3 Å². The zero-order valence-corrected chi connectivity index (χ0v) is 11.4. The monoisotopic (exact) mass is 303 g/mol. The summed E-state index contributed by atoms with van der Waals surface area (Å²) in [6.07, 6.45) is -1.66. The Labute approximate surface area is 117 Å². The minimum Gasteiger partial charge on any atom is -0.465 e. The molecule has 20 heavy (non-hydrogen) atoms. The second-order valence-electron chi connectivity index (χ2n) is 4.34. The molecule has 2 rings (SSSR count). The third-order valence-corrected chi connectivity index (χ3v) is 4.40. The summed E-state index contributed by atoms with van der Waals surface area (Å²) in [7, 11) is 0. The minimum atomic E-state index is -1.66. The lowest BCUT2D eigenvalue weighted by molar-refractivity contribution is -0.141. The van der Waals surface area contributed by atoms with Gasteiger partial charge in [-0.2, -0.15) is 4.98 Å². The van der Waals surface area contributed by atoms with E-state index < -0.39 is 34.6 Å². The van der Waals surface area contributed by atoms with Crippen LogP contribution in [0.3, 0.4) is 0 Å². The number of halogens is 1. The van der Waals surface area contributed by atoms with Gasteiger partial charge in [0.1, 0.15) is 23.9 Å². The molecule has 1 aliphatic heterocycles. The summed E-state index contributed by atoms with van der Waals surface area (Å²) in [6.45, 7) is 1.11. The van der Waals surface area contributed by atoms with Crippen molar-refractivity contribution < 1.29 is 19.0 Å². The number of anilines is 1. The third kappa shape index (κ3) is 2.93. The van der Waals surface area contributed by atoms with Gasteiger partial charge in [-0.15, -0.1) is 11.8 Å². The Kier molecular flexibility index (Phi) is 4.29. The summed E-state index contributed by atoms with van der Waals surface area (Å²) in [5, 5.41) is 8.24. The van der Waals surface area contributed by atoms with E-state index in [0.29, 0.717) is 0 Å². The van der Waals surface area contributed by atoms with Crippen molar-refractivity contribution in [3.63, 3.8) is 0 Å². The molecule has 3 N–H and O–H groups in total. The molecule has 1 fully saturated rings. The standard InChI is InChI=1S/C11H14FN3O4S/c1-5(16)19-4-6-9(17)8(12)10(20-6)15-3-2-7(13)14-11(15)18/h2-3,6,8-10,17H,4H2,1H3,(H2,13,14,18)/t6?,8-,9+,10+/m0/s1. The molecule has 2 heterocycles. The van der Waals surface area contributed by atoms with Crippen LogP contribution >= 0.6 is 11.8 Å². The van der Waals surface area contributed by atoms with Crippen LogP contribution in [0.15, 0.2) is 17.1 Å². The largest absolute Gasteiger partial charge is 0.465 e. The van der Waals surface area contributed by atoms with E-state index in [-0.39, 0.29) is 12.4 Å². The molecule has 1 unspecified atom stereocenters. The normalized spacial score (nSPS) is 29.4. The molecule has 0 saturated carbocycles. The van der Waals surface area contributed by atoms with Gasteiger partial charge in [0.15, 0.2) is 6.17 Å². The number of esters is 1. The van der Waals surface area contributed by atoms with Crippen LogP contribution in [0.4, 0.5) is 10.2 Å². The van der Waals surface area contributed by atoms with Gasteiger partial charge in [0, 0.05) is 13.1 Å². The maximum absolute atomic E-state index is 14.1. The molecule has 0 aliphatic carbocycles. The van der Waals surface area contributed by atoms with E-state index >= 15 is 0 Å². The van der Waals surface area contributed by atoms with Crippen molar-refractivity contribution in [1.29, 1.82) is 0 Å². The maximum atomic E-state index is 14.1. The number of carbonyl (C=O) groups excluding carboxylic acids is 1. The zero-order valence-electron chi connectivity index (χ0n) is 10.6. The highest BCUT2D eigenvalue weighted by atomic mass is 32.2. The van der Waals surface area contributed by atoms with Gasteiger partial charge in [-0.3, -0.25) is 9.36 Å². The molecule has 1 saturated heterocycles. The number of hydrogen-bond acceptors (Lipinski definition) is 7. The maximum Gasteiger partial charge on any atom is 0.350 e. The van der Waals surface area contributed by atoms with E-state index in [2.05, 4.69) is 4.98 Å². The summed E-state index contributed by atoms with van der Waals surface area (Å²) in [4.78, 5) is 25.9. The van der Waals surface area contributed by atoms with Crippen LogP contribution in [0.25, 0.3) is 0 Å². The van der Waals surface area contributed by atoms with Crippen LogP contribution < -0.4 is 11.4 Å². The van der Waals surface area contributed by atoms with Gasteiger partial charge in [-0.1, -0.05) is 0 Å². The van der Waals surface area contributed by atoms with Gasteiger partial charge in [0.25, 0.3) is 0 Å². The van der Waals surface area contributed by atoms with Gasteiger partial charge < -0.3 is 15.6 Å². The molecule has 0 radical (unpaired) electrons. The van der Waals surface area contributed by atoms with Crippen LogP contribution in [0.1, 0.15) is 12.3 Å². The van der Waals surface area contributed by atoms with Crippen molar-refractivity contribution in [2.24, 2.45) is 0 Å². The molecule has 1 aromatic rings. The van der Waals surface area contributed by atoms with Gasteiger partial charge >= 0.3 is 11.7 Å². The molecule has 0 spiro atoms. The van der Waals surface area contributed by atoms with Gasteiger partial charge in [-0.05, 0) is 6.07 Å². The second-order valence-corrected chi connectivity index (χ2v) is 5.71. The van der Waals surface area contributed by atoms with Crippen LogP contribution in [-0.4, -0.2) is 44.8 Å². The fourth-order valence-corrected chi connectivity index (χ4v) is 3.30. The highest BCUT2D eigenvalue weighted by Gasteiger charge is 2.45. The number of nitrogens with two attached hydrogens (primary N) is 1. The molecule has 0 aromatic carbocycles. The van der Waals surface area contributed by atoms with Crippen LogP contribution in [0, 0.1) is 0 Å². The molecular formula is C11H14FN3O4S. The van der Waals surface area contributed by atoms with Crippen molar-refractivity contribution >= 4 is 23.5 Å². The third-order valence-electron chi connectivity index (χ3n) is 2.87. The number of hydrogen-bond donors (Lipinski definition) is 2. The van der Waals surface area contributed by atoms with E-state index in [1.54, 1.807) is 0 Å². The van der Waals surface area contributed by atoms with E-state index in [1.165, 1.54) is 19.2 Å². The Hall–Kier alpha value is -1.61.